The molecule has 0 aliphatic heterocycles. The molecule has 0 saturated heterocycles. The number of pyridine rings is 1. The fourth-order valence-corrected chi connectivity index (χ4v) is 1.48. The maximum atomic E-state index is 8.72. The van der Waals surface area contributed by atoms with E-state index in [9.17, 15) is 0 Å². The van der Waals surface area contributed by atoms with Crippen LogP contribution in [0.1, 0.15) is 18.4 Å². The summed E-state index contributed by atoms with van der Waals surface area (Å²) in [5.74, 6) is 0.914. The van der Waals surface area contributed by atoms with E-state index in [1.807, 2.05) is 19.9 Å². The van der Waals surface area contributed by atoms with Crippen molar-refractivity contribution in [2.75, 3.05) is 0 Å². The van der Waals surface area contributed by atoms with E-state index in [1.165, 1.54) is 0 Å². The summed E-state index contributed by atoms with van der Waals surface area (Å²) < 4.78 is 5.11. The number of aromatic nitrogens is 3. The second-order valence-electron chi connectivity index (χ2n) is 3.94. The maximum Gasteiger partial charge on any atom is 0.228 e. The molecule has 2 aromatic rings. The van der Waals surface area contributed by atoms with Gasteiger partial charge in [0.1, 0.15) is 0 Å². The molecule has 5 nitrogen and oxygen atoms in total. The molecule has 0 aliphatic rings. The predicted molar refractivity (Wildman–Crippen MR) is 60.7 cm³/mol. The lowest BCUT2D eigenvalue weighted by Gasteiger charge is -1.97. The van der Waals surface area contributed by atoms with Crippen molar-refractivity contribution in [2.45, 2.75) is 20.3 Å². The van der Waals surface area contributed by atoms with Gasteiger partial charge in [0.05, 0.1) is 12.0 Å². The largest absolute Gasteiger partial charge is 0.339 e. The summed E-state index contributed by atoms with van der Waals surface area (Å²) in [6.45, 7) is 3.76. The molecule has 0 saturated carbocycles. The number of nitrogens with zero attached hydrogens (tertiary/aromatic N) is 4. The Morgan fingerprint density at radius 3 is 3.06 bits per heavy atom. The van der Waals surface area contributed by atoms with E-state index in [-0.39, 0.29) is 5.92 Å². The van der Waals surface area contributed by atoms with Gasteiger partial charge in [-0.05, 0) is 25.5 Å². The van der Waals surface area contributed by atoms with E-state index in [4.69, 9.17) is 9.78 Å². The standard InChI is InChI=1S/C12H12N4O/c1-8(6-13)5-11-15-12(16-17-11)10-3-4-14-7-9(10)2/h3-4,7-8H,5H2,1-2H3. The molecule has 86 valence electrons. The van der Waals surface area contributed by atoms with Crippen LogP contribution < -0.4 is 0 Å². The molecule has 1 unspecified atom stereocenters. The van der Waals surface area contributed by atoms with Crippen molar-refractivity contribution < 1.29 is 4.52 Å². The van der Waals surface area contributed by atoms with Crippen LogP contribution in [0.5, 0.6) is 0 Å². The number of hydrogen-bond acceptors (Lipinski definition) is 5. The molecule has 0 aliphatic carbocycles. The van der Waals surface area contributed by atoms with Crippen molar-refractivity contribution in [1.82, 2.24) is 15.1 Å². The Morgan fingerprint density at radius 2 is 2.35 bits per heavy atom. The number of nitriles is 1. The maximum absolute atomic E-state index is 8.72. The zero-order valence-corrected chi connectivity index (χ0v) is 9.71. The van der Waals surface area contributed by atoms with E-state index in [0.717, 1.165) is 11.1 Å². The quantitative estimate of drug-likeness (QED) is 0.804. The highest BCUT2D eigenvalue weighted by atomic mass is 16.5. The molecule has 2 aromatic heterocycles. The normalized spacial score (nSPS) is 12.1. The lowest BCUT2D eigenvalue weighted by Crippen LogP contribution is -1.96. The van der Waals surface area contributed by atoms with Crippen molar-refractivity contribution in [3.63, 3.8) is 0 Å². The minimum absolute atomic E-state index is 0.123. The number of aryl methyl sites for hydroxylation is 1. The molecule has 0 radical (unpaired) electrons. The molecule has 0 fully saturated rings. The van der Waals surface area contributed by atoms with Crippen LogP contribution in [0.3, 0.4) is 0 Å². The molecule has 0 amide bonds. The van der Waals surface area contributed by atoms with Crippen molar-refractivity contribution >= 4 is 0 Å². The van der Waals surface area contributed by atoms with E-state index in [1.54, 1.807) is 12.4 Å². The van der Waals surface area contributed by atoms with E-state index in [2.05, 4.69) is 21.2 Å². The van der Waals surface area contributed by atoms with Crippen LogP contribution in [-0.2, 0) is 6.42 Å². The fourth-order valence-electron chi connectivity index (χ4n) is 1.48. The highest BCUT2D eigenvalue weighted by Gasteiger charge is 2.12. The van der Waals surface area contributed by atoms with Gasteiger partial charge in [0.25, 0.3) is 0 Å². The molecule has 17 heavy (non-hydrogen) atoms. The SMILES string of the molecule is Cc1cnccc1-c1noc(CC(C)C#N)n1. The van der Waals surface area contributed by atoms with Crippen LogP contribution in [-0.4, -0.2) is 15.1 Å². The first kappa shape index (κ1) is 11.3. The predicted octanol–water partition coefficient (Wildman–Crippen LogP) is 2.14. The van der Waals surface area contributed by atoms with Gasteiger partial charge >= 0.3 is 0 Å². The lowest BCUT2D eigenvalue weighted by atomic mass is 10.1. The van der Waals surface area contributed by atoms with Crippen molar-refractivity contribution in [1.29, 1.82) is 5.26 Å². The van der Waals surface area contributed by atoms with Gasteiger partial charge in [-0.1, -0.05) is 5.16 Å². The Bertz CT molecular complexity index is 556. The number of rotatable bonds is 3. The third-order valence-electron chi connectivity index (χ3n) is 2.43. The minimum atomic E-state index is -0.123. The van der Waals surface area contributed by atoms with Crippen LogP contribution in [0.4, 0.5) is 0 Å². The van der Waals surface area contributed by atoms with Gasteiger partial charge in [0.15, 0.2) is 0 Å². The molecular formula is C12H12N4O. The first-order valence-corrected chi connectivity index (χ1v) is 5.34. The van der Waals surface area contributed by atoms with Crippen LogP contribution in [0.2, 0.25) is 0 Å². The molecule has 0 bridgehead atoms. The van der Waals surface area contributed by atoms with Gasteiger partial charge in [0.2, 0.25) is 11.7 Å². The minimum Gasteiger partial charge on any atom is -0.339 e. The summed E-state index contributed by atoms with van der Waals surface area (Å²) >= 11 is 0. The van der Waals surface area contributed by atoms with Gasteiger partial charge in [0, 0.05) is 24.4 Å². The summed E-state index contributed by atoms with van der Waals surface area (Å²) in [6, 6.07) is 3.98. The third kappa shape index (κ3) is 2.48. The topological polar surface area (TPSA) is 75.6 Å². The second-order valence-corrected chi connectivity index (χ2v) is 3.94. The molecule has 2 heterocycles. The third-order valence-corrected chi connectivity index (χ3v) is 2.43. The zero-order chi connectivity index (χ0) is 12.3. The van der Waals surface area contributed by atoms with Crippen LogP contribution in [0.15, 0.2) is 23.0 Å². The van der Waals surface area contributed by atoms with Gasteiger partial charge in [-0.3, -0.25) is 4.98 Å². The first-order valence-electron chi connectivity index (χ1n) is 5.34. The Balaban J connectivity index is 2.25. The zero-order valence-electron chi connectivity index (χ0n) is 9.71. The second kappa shape index (κ2) is 4.74. The fraction of sp³-hybridized carbons (Fsp3) is 0.333. The van der Waals surface area contributed by atoms with Gasteiger partial charge in [-0.2, -0.15) is 10.2 Å². The monoisotopic (exact) mass is 228 g/mol. The highest BCUT2D eigenvalue weighted by Crippen LogP contribution is 2.19. The molecule has 0 spiro atoms. The Kier molecular flexibility index (Phi) is 3.15. The van der Waals surface area contributed by atoms with E-state index < -0.39 is 0 Å². The summed E-state index contributed by atoms with van der Waals surface area (Å²) in [5.41, 5.74) is 1.90. The Hall–Kier alpha value is -2.22. The summed E-state index contributed by atoms with van der Waals surface area (Å²) in [5, 5.41) is 12.6. The number of hydrogen-bond donors (Lipinski definition) is 0. The summed E-state index contributed by atoms with van der Waals surface area (Å²) in [4.78, 5) is 8.28. The van der Waals surface area contributed by atoms with Gasteiger partial charge in [-0.15, -0.1) is 0 Å². The Morgan fingerprint density at radius 1 is 1.53 bits per heavy atom. The van der Waals surface area contributed by atoms with Crippen LogP contribution >= 0.6 is 0 Å². The molecule has 0 N–H and O–H groups in total. The average Bonchev–Trinajstić information content (AvgIpc) is 2.78. The molecular weight excluding hydrogens is 216 g/mol. The van der Waals surface area contributed by atoms with Crippen molar-refractivity contribution in [2.24, 2.45) is 5.92 Å². The Labute approximate surface area is 99.1 Å². The lowest BCUT2D eigenvalue weighted by molar-refractivity contribution is 0.369. The molecule has 5 heteroatoms. The summed E-state index contributed by atoms with van der Waals surface area (Å²) in [6.07, 6.45) is 3.92. The first-order chi connectivity index (χ1) is 8.20. The van der Waals surface area contributed by atoms with Crippen LogP contribution in [0.25, 0.3) is 11.4 Å². The van der Waals surface area contributed by atoms with Crippen LogP contribution in [0, 0.1) is 24.2 Å². The molecule has 1 atom stereocenters. The smallest absolute Gasteiger partial charge is 0.228 e. The highest BCUT2D eigenvalue weighted by molar-refractivity contribution is 5.57. The van der Waals surface area contributed by atoms with Crippen molar-refractivity contribution in [3.8, 4) is 17.5 Å². The van der Waals surface area contributed by atoms with Crippen molar-refractivity contribution in [3.05, 3.63) is 29.9 Å². The van der Waals surface area contributed by atoms with E-state index in [0.29, 0.717) is 18.1 Å². The molecule has 2 rings (SSSR count). The summed E-state index contributed by atoms with van der Waals surface area (Å²) in [7, 11) is 0. The molecule has 0 aromatic carbocycles. The van der Waals surface area contributed by atoms with E-state index >= 15 is 0 Å². The van der Waals surface area contributed by atoms with Gasteiger partial charge < -0.3 is 4.52 Å². The van der Waals surface area contributed by atoms with Gasteiger partial charge in [-0.25, -0.2) is 0 Å². The average molecular weight is 228 g/mol.